The van der Waals surface area contributed by atoms with Crippen molar-refractivity contribution in [1.82, 2.24) is 15.3 Å². The lowest BCUT2D eigenvalue weighted by Crippen LogP contribution is -3.11. The molecule has 1 aromatic carbocycles. The third-order valence-corrected chi connectivity index (χ3v) is 5.45. The zero-order valence-electron chi connectivity index (χ0n) is 15.7. The summed E-state index contributed by atoms with van der Waals surface area (Å²) in [4.78, 5) is 33.2. The quantitative estimate of drug-likeness (QED) is 0.722. The van der Waals surface area contributed by atoms with Crippen LogP contribution in [0.5, 0.6) is 0 Å². The monoisotopic (exact) mass is 357 g/mol. The number of quaternary nitrogens is 1. The maximum Gasteiger partial charge on any atom is 0.275 e. The van der Waals surface area contributed by atoms with E-state index in [0.717, 1.165) is 17.9 Å². The van der Waals surface area contributed by atoms with E-state index in [-0.39, 0.29) is 11.5 Å². The summed E-state index contributed by atoms with van der Waals surface area (Å²) < 4.78 is 0. The van der Waals surface area contributed by atoms with Crippen molar-refractivity contribution >= 4 is 16.8 Å². The Balaban J connectivity index is 1.64. The normalized spacial score (nSPS) is 21.5. The van der Waals surface area contributed by atoms with Crippen LogP contribution in [0, 0.1) is 5.92 Å². The SMILES string of the molecule is CC[NH+](CC(=O)N[C@H]1CCCC[C@@H]1C)Cc1nc2ccccc2c(=O)[nH]1. The Morgan fingerprint density at radius 3 is 2.85 bits per heavy atom. The first kappa shape index (κ1) is 18.6. The smallest absolute Gasteiger partial charge is 0.275 e. The van der Waals surface area contributed by atoms with Gasteiger partial charge in [-0.25, -0.2) is 4.98 Å². The summed E-state index contributed by atoms with van der Waals surface area (Å²) >= 11 is 0. The Bertz CT molecular complexity index is 817. The molecular weight excluding hydrogens is 328 g/mol. The summed E-state index contributed by atoms with van der Waals surface area (Å²) in [6, 6.07) is 7.62. The van der Waals surface area contributed by atoms with E-state index in [9.17, 15) is 9.59 Å². The lowest BCUT2D eigenvalue weighted by atomic mass is 9.86. The van der Waals surface area contributed by atoms with E-state index in [4.69, 9.17) is 0 Å². The number of amides is 1. The summed E-state index contributed by atoms with van der Waals surface area (Å²) in [7, 11) is 0. The largest absolute Gasteiger partial charge is 0.348 e. The maximum atomic E-state index is 12.5. The molecule has 1 fully saturated rings. The van der Waals surface area contributed by atoms with Crippen molar-refractivity contribution in [3.05, 3.63) is 40.4 Å². The minimum absolute atomic E-state index is 0.0868. The van der Waals surface area contributed by atoms with Gasteiger partial charge in [-0.1, -0.05) is 31.9 Å². The maximum absolute atomic E-state index is 12.5. The van der Waals surface area contributed by atoms with Crippen LogP contribution in [0.1, 0.15) is 45.4 Å². The minimum Gasteiger partial charge on any atom is -0.348 e. The Morgan fingerprint density at radius 2 is 2.08 bits per heavy atom. The molecule has 0 bridgehead atoms. The molecule has 1 amide bonds. The van der Waals surface area contributed by atoms with Crippen LogP contribution in [-0.4, -0.2) is 35.0 Å². The van der Waals surface area contributed by atoms with Crippen molar-refractivity contribution in [2.45, 2.75) is 52.1 Å². The van der Waals surface area contributed by atoms with Crippen LogP contribution in [-0.2, 0) is 11.3 Å². The van der Waals surface area contributed by atoms with Gasteiger partial charge in [-0.3, -0.25) is 9.59 Å². The minimum atomic E-state index is -0.124. The van der Waals surface area contributed by atoms with Crippen LogP contribution in [0.25, 0.3) is 10.9 Å². The number of hydrogen-bond donors (Lipinski definition) is 3. The number of H-pyrrole nitrogens is 1. The first-order chi connectivity index (χ1) is 12.6. The zero-order valence-corrected chi connectivity index (χ0v) is 15.7. The number of nitrogens with zero attached hydrogens (tertiary/aromatic N) is 1. The van der Waals surface area contributed by atoms with Crippen molar-refractivity contribution in [1.29, 1.82) is 0 Å². The molecular formula is C20H29N4O2+. The van der Waals surface area contributed by atoms with E-state index in [0.29, 0.717) is 41.8 Å². The molecule has 1 saturated carbocycles. The van der Waals surface area contributed by atoms with Crippen molar-refractivity contribution in [2.75, 3.05) is 13.1 Å². The predicted octanol–water partition coefficient (Wildman–Crippen LogP) is 1.02. The summed E-state index contributed by atoms with van der Waals surface area (Å²) in [6.45, 7) is 5.99. The van der Waals surface area contributed by atoms with Crippen molar-refractivity contribution < 1.29 is 9.69 Å². The third-order valence-electron chi connectivity index (χ3n) is 5.45. The fourth-order valence-electron chi connectivity index (χ4n) is 3.78. The second-order valence-corrected chi connectivity index (χ2v) is 7.42. The molecule has 3 atom stereocenters. The Labute approximate surface area is 154 Å². The number of carbonyl (C=O) groups is 1. The summed E-state index contributed by atoms with van der Waals surface area (Å²) in [5, 5.41) is 3.80. The van der Waals surface area contributed by atoms with E-state index >= 15 is 0 Å². The Kier molecular flexibility index (Phi) is 6.04. The molecule has 0 saturated heterocycles. The molecule has 1 aliphatic rings. The van der Waals surface area contributed by atoms with Crippen LogP contribution in [0.2, 0.25) is 0 Å². The van der Waals surface area contributed by atoms with Gasteiger partial charge in [0.1, 0.15) is 6.54 Å². The molecule has 1 heterocycles. The van der Waals surface area contributed by atoms with Gasteiger partial charge in [0.05, 0.1) is 17.4 Å². The van der Waals surface area contributed by atoms with E-state index < -0.39 is 0 Å². The number of fused-ring (bicyclic) bond motifs is 1. The molecule has 1 aliphatic carbocycles. The Hall–Kier alpha value is -2.21. The van der Waals surface area contributed by atoms with Gasteiger partial charge >= 0.3 is 0 Å². The van der Waals surface area contributed by atoms with Crippen molar-refractivity contribution in [2.24, 2.45) is 5.92 Å². The first-order valence-electron chi connectivity index (χ1n) is 9.67. The van der Waals surface area contributed by atoms with Gasteiger partial charge < -0.3 is 15.2 Å². The van der Waals surface area contributed by atoms with Crippen LogP contribution in [0.4, 0.5) is 0 Å². The van der Waals surface area contributed by atoms with E-state index in [1.807, 2.05) is 25.1 Å². The number of likely N-dealkylation sites (N-methyl/N-ethyl adjacent to an activating group) is 1. The summed E-state index contributed by atoms with van der Waals surface area (Å²) in [5.74, 6) is 1.27. The second-order valence-electron chi connectivity index (χ2n) is 7.42. The molecule has 140 valence electrons. The number of para-hydroxylation sites is 1. The molecule has 0 radical (unpaired) electrons. The van der Waals surface area contributed by atoms with Gasteiger partial charge in [-0.05, 0) is 37.8 Å². The van der Waals surface area contributed by atoms with Gasteiger partial charge in [0.15, 0.2) is 12.4 Å². The molecule has 0 aliphatic heterocycles. The first-order valence-corrected chi connectivity index (χ1v) is 9.67. The molecule has 26 heavy (non-hydrogen) atoms. The van der Waals surface area contributed by atoms with Gasteiger partial charge in [-0.2, -0.15) is 0 Å². The third kappa shape index (κ3) is 4.49. The number of carbonyl (C=O) groups excluding carboxylic acids is 1. The van der Waals surface area contributed by atoms with E-state index in [1.54, 1.807) is 6.07 Å². The van der Waals surface area contributed by atoms with E-state index in [1.165, 1.54) is 19.3 Å². The number of rotatable bonds is 6. The number of aromatic nitrogens is 2. The van der Waals surface area contributed by atoms with Crippen molar-refractivity contribution in [3.8, 4) is 0 Å². The highest BCUT2D eigenvalue weighted by molar-refractivity contribution is 5.77. The molecule has 3 rings (SSSR count). The summed E-state index contributed by atoms with van der Waals surface area (Å²) in [6.07, 6.45) is 4.73. The Morgan fingerprint density at radius 1 is 1.31 bits per heavy atom. The fourth-order valence-corrected chi connectivity index (χ4v) is 3.78. The molecule has 2 aromatic rings. The second kappa shape index (κ2) is 8.45. The molecule has 1 unspecified atom stereocenters. The number of benzene rings is 1. The van der Waals surface area contributed by atoms with Crippen LogP contribution >= 0.6 is 0 Å². The number of hydrogen-bond acceptors (Lipinski definition) is 3. The van der Waals surface area contributed by atoms with Gasteiger partial charge in [0.25, 0.3) is 11.5 Å². The zero-order chi connectivity index (χ0) is 18.5. The lowest BCUT2D eigenvalue weighted by Gasteiger charge is -2.29. The van der Waals surface area contributed by atoms with Crippen LogP contribution in [0.3, 0.4) is 0 Å². The molecule has 3 N–H and O–H groups in total. The lowest BCUT2D eigenvalue weighted by molar-refractivity contribution is -0.904. The van der Waals surface area contributed by atoms with Gasteiger partial charge in [0.2, 0.25) is 0 Å². The van der Waals surface area contributed by atoms with Gasteiger partial charge in [0, 0.05) is 6.04 Å². The standard InChI is InChI=1S/C20H28N4O2/c1-3-24(13-19(25)22-16-10-6-4-8-14(16)2)12-18-21-17-11-7-5-9-15(17)20(26)23-18/h5,7,9,11,14,16H,3-4,6,8,10,12-13H2,1-2H3,(H,22,25)(H,21,23,26)/p+1/t14-,16-/m0/s1. The number of aromatic amines is 1. The highest BCUT2D eigenvalue weighted by Crippen LogP contribution is 2.23. The average molecular weight is 357 g/mol. The summed E-state index contributed by atoms with van der Waals surface area (Å²) in [5.41, 5.74) is 0.573. The average Bonchev–Trinajstić information content (AvgIpc) is 2.63. The van der Waals surface area contributed by atoms with Crippen LogP contribution in [0.15, 0.2) is 29.1 Å². The highest BCUT2D eigenvalue weighted by Gasteiger charge is 2.24. The number of nitrogens with one attached hydrogen (secondary N) is 3. The fraction of sp³-hybridized carbons (Fsp3) is 0.550. The molecule has 6 nitrogen and oxygen atoms in total. The topological polar surface area (TPSA) is 79.3 Å². The molecule has 1 aromatic heterocycles. The molecule has 6 heteroatoms. The van der Waals surface area contributed by atoms with Crippen LogP contribution < -0.4 is 15.8 Å². The highest BCUT2D eigenvalue weighted by atomic mass is 16.2. The molecule has 0 spiro atoms. The van der Waals surface area contributed by atoms with E-state index in [2.05, 4.69) is 22.2 Å². The van der Waals surface area contributed by atoms with Gasteiger partial charge in [-0.15, -0.1) is 0 Å². The predicted molar refractivity (Wildman–Crippen MR) is 102 cm³/mol. The van der Waals surface area contributed by atoms with Crippen molar-refractivity contribution in [3.63, 3.8) is 0 Å².